The van der Waals surface area contributed by atoms with E-state index in [2.05, 4.69) is 29.4 Å². The number of nitrogens with two attached hydrogens (primary N) is 1. The minimum Gasteiger partial charge on any atom is -0.382 e. The summed E-state index contributed by atoms with van der Waals surface area (Å²) >= 11 is 0. The first-order valence-corrected chi connectivity index (χ1v) is 4.72. The van der Waals surface area contributed by atoms with Gasteiger partial charge in [0.1, 0.15) is 11.5 Å². The monoisotopic (exact) mass is 196 g/mol. The fourth-order valence-electron chi connectivity index (χ4n) is 0.960. The predicted octanol–water partition coefficient (Wildman–Crippen LogP) is 0.768. The Labute approximate surface area is 83.1 Å². The summed E-state index contributed by atoms with van der Waals surface area (Å²) in [6.07, 6.45) is 1.05. The van der Waals surface area contributed by atoms with E-state index in [-0.39, 0.29) is 5.91 Å². The molecule has 0 fully saturated rings. The Hall–Kier alpha value is -1.52. The second kappa shape index (κ2) is 4.64. The summed E-state index contributed by atoms with van der Waals surface area (Å²) in [6.45, 7) is 4.85. The lowest BCUT2D eigenvalue weighted by atomic mass is 10.1. The van der Waals surface area contributed by atoms with Crippen LogP contribution in [0, 0.1) is 5.92 Å². The molecule has 5 nitrogen and oxygen atoms in total. The van der Waals surface area contributed by atoms with E-state index in [4.69, 9.17) is 5.73 Å². The molecule has 0 aliphatic rings. The van der Waals surface area contributed by atoms with Crippen LogP contribution in [0.1, 0.15) is 30.8 Å². The van der Waals surface area contributed by atoms with Crippen molar-refractivity contribution >= 4 is 11.7 Å². The van der Waals surface area contributed by atoms with E-state index >= 15 is 0 Å². The average Bonchev–Trinajstić information content (AvgIpc) is 2.60. The van der Waals surface area contributed by atoms with Gasteiger partial charge in [-0.25, -0.2) is 0 Å². The molecule has 5 heteroatoms. The molecule has 0 radical (unpaired) electrons. The number of nitrogen functional groups attached to an aromatic ring is 1. The molecular weight excluding hydrogens is 180 g/mol. The van der Waals surface area contributed by atoms with Gasteiger partial charge in [-0.05, 0) is 5.92 Å². The number of nitrogens with zero attached hydrogens (tertiary/aromatic N) is 1. The zero-order chi connectivity index (χ0) is 10.6. The minimum absolute atomic E-state index is 0.158. The standard InChI is InChI=1S/C9H16N4O/c1-3-6(2)5-11-9(14)7-4-8(10)13-12-7/h4,6H,3,5H2,1-2H3,(H,11,14)(H3,10,12,13). The molecule has 0 aromatic carbocycles. The third kappa shape index (κ3) is 2.76. The Kier molecular flexibility index (Phi) is 3.50. The number of amides is 1. The van der Waals surface area contributed by atoms with Crippen molar-refractivity contribution in [2.75, 3.05) is 12.3 Å². The third-order valence-corrected chi connectivity index (χ3v) is 2.15. The van der Waals surface area contributed by atoms with Crippen molar-refractivity contribution in [1.29, 1.82) is 0 Å². The largest absolute Gasteiger partial charge is 0.382 e. The Balaban J connectivity index is 2.43. The third-order valence-electron chi connectivity index (χ3n) is 2.15. The first-order chi connectivity index (χ1) is 6.63. The van der Waals surface area contributed by atoms with Crippen molar-refractivity contribution in [2.45, 2.75) is 20.3 Å². The number of rotatable bonds is 4. The van der Waals surface area contributed by atoms with Crippen LogP contribution in [0.5, 0.6) is 0 Å². The summed E-state index contributed by atoms with van der Waals surface area (Å²) in [5, 5.41) is 9.03. The topological polar surface area (TPSA) is 83.8 Å². The summed E-state index contributed by atoms with van der Waals surface area (Å²) in [4.78, 5) is 11.4. The van der Waals surface area contributed by atoms with Crippen LogP contribution in [-0.2, 0) is 0 Å². The fraction of sp³-hybridized carbons (Fsp3) is 0.556. The van der Waals surface area contributed by atoms with Gasteiger partial charge in [-0.1, -0.05) is 20.3 Å². The average molecular weight is 196 g/mol. The van der Waals surface area contributed by atoms with Crippen LogP contribution in [0.25, 0.3) is 0 Å². The molecule has 0 aliphatic carbocycles. The van der Waals surface area contributed by atoms with Crippen LogP contribution in [-0.4, -0.2) is 22.6 Å². The van der Waals surface area contributed by atoms with Gasteiger partial charge in [0.05, 0.1) is 0 Å². The first-order valence-electron chi connectivity index (χ1n) is 4.72. The highest BCUT2D eigenvalue weighted by atomic mass is 16.1. The molecule has 1 aromatic rings. The van der Waals surface area contributed by atoms with Gasteiger partial charge in [0.15, 0.2) is 0 Å². The zero-order valence-electron chi connectivity index (χ0n) is 8.50. The maximum atomic E-state index is 11.4. The van der Waals surface area contributed by atoms with Gasteiger partial charge in [0, 0.05) is 12.6 Å². The molecule has 78 valence electrons. The van der Waals surface area contributed by atoms with Gasteiger partial charge in [-0.2, -0.15) is 5.10 Å². The molecule has 1 aromatic heterocycles. The van der Waals surface area contributed by atoms with E-state index in [1.165, 1.54) is 6.07 Å². The SMILES string of the molecule is CCC(C)CNC(=O)c1cc(N)n[nH]1. The molecule has 4 N–H and O–H groups in total. The number of hydrogen-bond acceptors (Lipinski definition) is 3. The first kappa shape index (κ1) is 10.6. The highest BCUT2D eigenvalue weighted by Crippen LogP contribution is 2.01. The number of carbonyl (C=O) groups excluding carboxylic acids is 1. The van der Waals surface area contributed by atoms with E-state index in [1.807, 2.05) is 0 Å². The van der Waals surface area contributed by atoms with Crippen LogP contribution in [0.3, 0.4) is 0 Å². The highest BCUT2D eigenvalue weighted by molar-refractivity contribution is 5.92. The Bertz CT molecular complexity index is 308. The molecule has 1 unspecified atom stereocenters. The van der Waals surface area contributed by atoms with Crippen LogP contribution >= 0.6 is 0 Å². The van der Waals surface area contributed by atoms with Crippen LogP contribution in [0.15, 0.2) is 6.07 Å². The molecule has 0 bridgehead atoms. The van der Waals surface area contributed by atoms with Crippen molar-refractivity contribution in [2.24, 2.45) is 5.92 Å². The molecule has 0 saturated carbocycles. The smallest absolute Gasteiger partial charge is 0.269 e. The lowest BCUT2D eigenvalue weighted by molar-refractivity contribution is 0.0943. The zero-order valence-corrected chi connectivity index (χ0v) is 8.50. The Morgan fingerprint density at radius 2 is 2.50 bits per heavy atom. The number of hydrogen-bond donors (Lipinski definition) is 3. The van der Waals surface area contributed by atoms with Gasteiger partial charge in [-0.15, -0.1) is 0 Å². The maximum absolute atomic E-state index is 11.4. The van der Waals surface area contributed by atoms with Gasteiger partial charge >= 0.3 is 0 Å². The van der Waals surface area contributed by atoms with Crippen molar-refractivity contribution < 1.29 is 4.79 Å². The lowest BCUT2D eigenvalue weighted by Gasteiger charge is -2.08. The molecule has 0 aliphatic heterocycles. The highest BCUT2D eigenvalue weighted by Gasteiger charge is 2.08. The van der Waals surface area contributed by atoms with Crippen LogP contribution in [0.4, 0.5) is 5.82 Å². The molecule has 1 amide bonds. The number of carbonyl (C=O) groups is 1. The quantitative estimate of drug-likeness (QED) is 0.665. The minimum atomic E-state index is -0.158. The molecular formula is C9H16N4O. The Morgan fingerprint density at radius 1 is 1.79 bits per heavy atom. The van der Waals surface area contributed by atoms with Crippen molar-refractivity contribution in [3.63, 3.8) is 0 Å². The lowest BCUT2D eigenvalue weighted by Crippen LogP contribution is -2.28. The van der Waals surface area contributed by atoms with Gasteiger partial charge < -0.3 is 11.1 Å². The van der Waals surface area contributed by atoms with Crippen molar-refractivity contribution in [1.82, 2.24) is 15.5 Å². The van der Waals surface area contributed by atoms with Crippen LogP contribution in [0.2, 0.25) is 0 Å². The fourth-order valence-corrected chi connectivity index (χ4v) is 0.960. The molecule has 1 rings (SSSR count). The van der Waals surface area contributed by atoms with E-state index < -0.39 is 0 Å². The maximum Gasteiger partial charge on any atom is 0.269 e. The summed E-state index contributed by atoms with van der Waals surface area (Å²) in [6, 6.07) is 1.52. The number of nitrogens with one attached hydrogen (secondary N) is 2. The van der Waals surface area contributed by atoms with Gasteiger partial charge in [0.25, 0.3) is 5.91 Å². The summed E-state index contributed by atoms with van der Waals surface area (Å²) in [5.41, 5.74) is 5.78. The van der Waals surface area contributed by atoms with Crippen molar-refractivity contribution in [3.05, 3.63) is 11.8 Å². The number of anilines is 1. The predicted molar refractivity (Wildman–Crippen MR) is 54.8 cm³/mol. The number of H-pyrrole nitrogens is 1. The molecule has 0 saturated heterocycles. The molecule has 14 heavy (non-hydrogen) atoms. The second-order valence-electron chi connectivity index (χ2n) is 3.43. The Morgan fingerprint density at radius 3 is 3.00 bits per heavy atom. The number of aromatic amines is 1. The molecule has 1 heterocycles. The molecule has 1 atom stereocenters. The summed E-state index contributed by atoms with van der Waals surface area (Å²) in [7, 11) is 0. The van der Waals surface area contributed by atoms with E-state index in [9.17, 15) is 4.79 Å². The normalized spacial score (nSPS) is 12.4. The second-order valence-corrected chi connectivity index (χ2v) is 3.43. The number of aromatic nitrogens is 2. The summed E-state index contributed by atoms with van der Waals surface area (Å²) in [5.74, 6) is 0.660. The summed E-state index contributed by atoms with van der Waals surface area (Å²) < 4.78 is 0. The van der Waals surface area contributed by atoms with Crippen molar-refractivity contribution in [3.8, 4) is 0 Å². The van der Waals surface area contributed by atoms with E-state index in [0.29, 0.717) is 24.0 Å². The molecule has 0 spiro atoms. The van der Waals surface area contributed by atoms with E-state index in [0.717, 1.165) is 6.42 Å². The van der Waals surface area contributed by atoms with Gasteiger partial charge in [0.2, 0.25) is 0 Å². The van der Waals surface area contributed by atoms with Gasteiger partial charge in [-0.3, -0.25) is 9.89 Å². The van der Waals surface area contributed by atoms with Crippen LogP contribution < -0.4 is 11.1 Å². The van der Waals surface area contributed by atoms with E-state index in [1.54, 1.807) is 0 Å².